The van der Waals surface area contributed by atoms with Gasteiger partial charge in [-0.15, -0.1) is 0 Å². The minimum absolute atomic E-state index is 0.0138. The van der Waals surface area contributed by atoms with Crippen LogP contribution in [0, 0.1) is 11.8 Å². The molecule has 2 atom stereocenters. The predicted octanol–water partition coefficient (Wildman–Crippen LogP) is 5.93. The van der Waals surface area contributed by atoms with Crippen LogP contribution in [0.4, 0.5) is 0 Å². The number of rotatable bonds is 9. The number of benzene rings is 3. The average Bonchev–Trinajstić information content (AvgIpc) is 3.67. The lowest BCUT2D eigenvalue weighted by Crippen LogP contribution is -2.40. The van der Waals surface area contributed by atoms with Crippen molar-refractivity contribution in [3.63, 3.8) is 0 Å². The van der Waals surface area contributed by atoms with Crippen molar-refractivity contribution >= 4 is 11.8 Å². The third-order valence-corrected chi connectivity index (χ3v) is 7.28. The van der Waals surface area contributed by atoms with E-state index in [1.54, 1.807) is 0 Å². The van der Waals surface area contributed by atoms with E-state index in [0.717, 1.165) is 29.5 Å². The quantitative estimate of drug-likeness (QED) is 0.307. The molecular weight excluding hydrogens is 408 g/mol. The van der Waals surface area contributed by atoms with Gasteiger partial charge in [0, 0.05) is 5.92 Å². The highest BCUT2D eigenvalue weighted by Gasteiger charge is 2.59. The van der Waals surface area contributed by atoms with E-state index in [4.69, 9.17) is 4.74 Å². The number of carbonyl (C=O) groups is 2. The third kappa shape index (κ3) is 4.64. The van der Waals surface area contributed by atoms with Gasteiger partial charge in [0.2, 0.25) is 0 Å². The Morgan fingerprint density at radius 1 is 0.727 bits per heavy atom. The van der Waals surface area contributed by atoms with E-state index in [9.17, 15) is 9.59 Å². The lowest BCUT2D eigenvalue weighted by atomic mass is 9.75. The second-order valence-electron chi connectivity index (χ2n) is 9.50. The molecule has 0 radical (unpaired) electrons. The maximum atomic E-state index is 14.1. The fraction of sp³-hybridized carbons (Fsp3) is 0.333. The molecule has 3 aromatic carbocycles. The minimum Gasteiger partial charge on any atom is -0.450 e. The largest absolute Gasteiger partial charge is 0.450 e. The molecule has 33 heavy (non-hydrogen) atoms. The molecule has 1 saturated heterocycles. The number of aryl methyl sites for hydroxylation is 2. The van der Waals surface area contributed by atoms with Gasteiger partial charge in [-0.1, -0.05) is 91.0 Å². The maximum absolute atomic E-state index is 14.1. The molecule has 0 N–H and O–H groups in total. The van der Waals surface area contributed by atoms with E-state index in [2.05, 4.69) is 36.4 Å². The van der Waals surface area contributed by atoms with Crippen molar-refractivity contribution in [1.82, 2.24) is 0 Å². The molecule has 2 unspecified atom stereocenters. The predicted molar refractivity (Wildman–Crippen MR) is 129 cm³/mol. The average molecular weight is 439 g/mol. The highest BCUT2D eigenvalue weighted by molar-refractivity contribution is 6.10. The smallest absolute Gasteiger partial charge is 0.318 e. The first kappa shape index (κ1) is 21.6. The molecule has 0 amide bonds. The van der Waals surface area contributed by atoms with Crippen LogP contribution in [0.5, 0.6) is 0 Å². The number of esters is 1. The SMILES string of the molecule is O=C1OC(CCc2ccccc2)(CCc2ccccc2)C(=O)C1C(c1ccccc1)C1CC1. The van der Waals surface area contributed by atoms with Crippen LogP contribution in [0.2, 0.25) is 0 Å². The highest BCUT2D eigenvalue weighted by atomic mass is 16.6. The Morgan fingerprint density at radius 3 is 1.70 bits per heavy atom. The van der Waals surface area contributed by atoms with Gasteiger partial charge in [0.1, 0.15) is 5.92 Å². The van der Waals surface area contributed by atoms with Crippen LogP contribution in [0.1, 0.15) is 48.3 Å². The summed E-state index contributed by atoms with van der Waals surface area (Å²) in [5, 5.41) is 0. The summed E-state index contributed by atoms with van der Waals surface area (Å²) in [5.74, 6) is -0.747. The van der Waals surface area contributed by atoms with Crippen molar-refractivity contribution in [2.75, 3.05) is 0 Å². The molecule has 3 heteroatoms. The number of Topliss-reactive ketones (excluding diaryl/α,β-unsaturated/α-hetero) is 1. The molecule has 1 aliphatic heterocycles. The van der Waals surface area contributed by atoms with Crippen LogP contribution in [-0.2, 0) is 27.2 Å². The molecule has 0 spiro atoms. The van der Waals surface area contributed by atoms with Crippen molar-refractivity contribution in [3.05, 3.63) is 108 Å². The standard InChI is InChI=1S/C30H30O3/c31-28-27(26(25-16-17-25)24-14-8-3-9-15-24)29(32)33-30(28,20-18-22-10-4-1-5-11-22)21-19-23-12-6-2-7-13-23/h1-15,25-27H,16-21H2. The Morgan fingerprint density at radius 2 is 1.21 bits per heavy atom. The summed E-state index contributed by atoms with van der Waals surface area (Å²) in [6, 6.07) is 30.4. The Labute approximate surface area is 195 Å². The Kier molecular flexibility index (Phi) is 6.13. The van der Waals surface area contributed by atoms with Crippen LogP contribution < -0.4 is 0 Å². The molecule has 1 heterocycles. The number of cyclic esters (lactones) is 1. The van der Waals surface area contributed by atoms with E-state index >= 15 is 0 Å². The fourth-order valence-electron chi connectivity index (χ4n) is 5.33. The topological polar surface area (TPSA) is 43.4 Å². The first-order chi connectivity index (χ1) is 16.2. The van der Waals surface area contributed by atoms with Gasteiger partial charge in [-0.3, -0.25) is 9.59 Å². The highest BCUT2D eigenvalue weighted by Crippen LogP contribution is 2.51. The molecule has 2 fully saturated rings. The summed E-state index contributed by atoms with van der Waals surface area (Å²) in [6.45, 7) is 0. The van der Waals surface area contributed by atoms with Gasteiger partial charge < -0.3 is 4.74 Å². The monoisotopic (exact) mass is 438 g/mol. The molecule has 2 aliphatic rings. The summed E-state index contributed by atoms with van der Waals surface area (Å²) >= 11 is 0. The normalized spacial score (nSPS) is 20.4. The molecule has 0 bridgehead atoms. The summed E-state index contributed by atoms with van der Waals surface area (Å²) in [4.78, 5) is 27.4. The van der Waals surface area contributed by atoms with Gasteiger partial charge in [-0.05, 0) is 61.1 Å². The molecule has 0 aromatic heterocycles. The zero-order valence-corrected chi connectivity index (χ0v) is 18.9. The van der Waals surface area contributed by atoms with Crippen LogP contribution in [-0.4, -0.2) is 17.4 Å². The molecular formula is C30H30O3. The van der Waals surface area contributed by atoms with Crippen LogP contribution >= 0.6 is 0 Å². The zero-order chi connectivity index (χ0) is 22.7. The van der Waals surface area contributed by atoms with E-state index in [-0.39, 0.29) is 17.7 Å². The van der Waals surface area contributed by atoms with Gasteiger partial charge in [-0.25, -0.2) is 0 Å². The number of hydrogen-bond donors (Lipinski definition) is 0. The molecule has 5 rings (SSSR count). The van der Waals surface area contributed by atoms with E-state index < -0.39 is 11.5 Å². The summed E-state index contributed by atoms with van der Waals surface area (Å²) in [7, 11) is 0. The van der Waals surface area contributed by atoms with Crippen molar-refractivity contribution in [2.45, 2.75) is 50.0 Å². The second kappa shape index (κ2) is 9.35. The fourth-order valence-corrected chi connectivity index (χ4v) is 5.33. The van der Waals surface area contributed by atoms with Crippen molar-refractivity contribution in [2.24, 2.45) is 11.8 Å². The Balaban J connectivity index is 1.44. The molecule has 3 nitrogen and oxygen atoms in total. The molecule has 3 aromatic rings. The summed E-state index contributed by atoms with van der Waals surface area (Å²) in [5.41, 5.74) is 2.34. The number of ketones is 1. The second-order valence-corrected chi connectivity index (χ2v) is 9.50. The van der Waals surface area contributed by atoms with Gasteiger partial charge in [0.05, 0.1) is 0 Å². The van der Waals surface area contributed by atoms with E-state index in [0.29, 0.717) is 31.6 Å². The number of ether oxygens (including phenoxy) is 1. The minimum atomic E-state index is -1.06. The molecule has 168 valence electrons. The van der Waals surface area contributed by atoms with Crippen molar-refractivity contribution < 1.29 is 14.3 Å². The zero-order valence-electron chi connectivity index (χ0n) is 18.9. The number of hydrogen-bond acceptors (Lipinski definition) is 3. The lowest BCUT2D eigenvalue weighted by molar-refractivity contribution is -0.154. The maximum Gasteiger partial charge on any atom is 0.318 e. The number of carbonyl (C=O) groups excluding carboxylic acids is 2. The van der Waals surface area contributed by atoms with Crippen LogP contribution in [0.25, 0.3) is 0 Å². The van der Waals surface area contributed by atoms with Crippen LogP contribution in [0.3, 0.4) is 0 Å². The summed E-state index contributed by atoms with van der Waals surface area (Å²) < 4.78 is 6.11. The summed E-state index contributed by atoms with van der Waals surface area (Å²) in [6.07, 6.45) is 4.60. The Bertz CT molecular complexity index is 1040. The first-order valence-corrected chi connectivity index (χ1v) is 12.1. The third-order valence-electron chi connectivity index (χ3n) is 7.28. The van der Waals surface area contributed by atoms with Gasteiger partial charge >= 0.3 is 5.97 Å². The van der Waals surface area contributed by atoms with E-state index in [1.165, 1.54) is 0 Å². The van der Waals surface area contributed by atoms with E-state index in [1.807, 2.05) is 54.6 Å². The molecule has 1 saturated carbocycles. The Hall–Kier alpha value is -3.20. The molecule has 1 aliphatic carbocycles. The lowest BCUT2D eigenvalue weighted by Gasteiger charge is -2.27. The van der Waals surface area contributed by atoms with Gasteiger partial charge in [-0.2, -0.15) is 0 Å². The van der Waals surface area contributed by atoms with Crippen molar-refractivity contribution in [3.8, 4) is 0 Å². The van der Waals surface area contributed by atoms with Gasteiger partial charge in [0.15, 0.2) is 11.4 Å². The van der Waals surface area contributed by atoms with Crippen molar-refractivity contribution in [1.29, 1.82) is 0 Å². The van der Waals surface area contributed by atoms with Gasteiger partial charge in [0.25, 0.3) is 0 Å². The first-order valence-electron chi connectivity index (χ1n) is 12.1. The van der Waals surface area contributed by atoms with Crippen LogP contribution in [0.15, 0.2) is 91.0 Å².